The second-order valence-electron chi connectivity index (χ2n) is 9.34. The molecule has 0 aliphatic heterocycles. The van der Waals surface area contributed by atoms with Crippen molar-refractivity contribution >= 4 is 8.32 Å². The van der Waals surface area contributed by atoms with Gasteiger partial charge in [-0.25, -0.2) is 0 Å². The summed E-state index contributed by atoms with van der Waals surface area (Å²) < 4.78 is 6.78. The van der Waals surface area contributed by atoms with Gasteiger partial charge in [0.25, 0.3) is 0 Å². The molecule has 0 heterocycles. The van der Waals surface area contributed by atoms with Crippen LogP contribution in [0.15, 0.2) is 12.7 Å². The normalized spacial score (nSPS) is 13.8. The van der Waals surface area contributed by atoms with Crippen molar-refractivity contribution in [1.82, 2.24) is 0 Å². The molecule has 1 nitrogen and oxygen atoms in total. The first-order valence-electron chi connectivity index (χ1n) is 11.0. The minimum atomic E-state index is -1.64. The highest BCUT2D eigenvalue weighted by molar-refractivity contribution is 6.74. The third-order valence-corrected chi connectivity index (χ3v) is 10.4. The molecule has 0 amide bonds. The third kappa shape index (κ3) is 12.8. The van der Waals surface area contributed by atoms with E-state index in [0.29, 0.717) is 11.1 Å². The molecule has 0 saturated heterocycles. The average Bonchev–Trinajstić information content (AvgIpc) is 2.52. The molecular weight excluding hydrogens is 320 g/mol. The first-order valence-corrected chi connectivity index (χ1v) is 13.9. The topological polar surface area (TPSA) is 9.23 Å². The summed E-state index contributed by atoms with van der Waals surface area (Å²) in [6.07, 6.45) is 19.8. The molecule has 0 N–H and O–H groups in total. The maximum atomic E-state index is 6.78. The third-order valence-electron chi connectivity index (χ3n) is 5.83. The quantitative estimate of drug-likeness (QED) is 0.150. The molecule has 0 rings (SSSR count). The van der Waals surface area contributed by atoms with E-state index in [-0.39, 0.29) is 0 Å². The van der Waals surface area contributed by atoms with Crippen molar-refractivity contribution in [3.05, 3.63) is 12.7 Å². The minimum Gasteiger partial charge on any atom is -0.414 e. The van der Waals surface area contributed by atoms with E-state index in [9.17, 15) is 0 Å². The Labute approximate surface area is 161 Å². The highest BCUT2D eigenvalue weighted by Gasteiger charge is 2.38. The lowest BCUT2D eigenvalue weighted by Gasteiger charge is -2.39. The maximum Gasteiger partial charge on any atom is 0.192 e. The molecule has 0 unspecified atom stereocenters. The fourth-order valence-corrected chi connectivity index (χ4v) is 4.44. The molecule has 25 heavy (non-hydrogen) atoms. The molecule has 0 aromatic heterocycles. The smallest absolute Gasteiger partial charge is 0.192 e. The Morgan fingerprint density at radius 2 is 1.32 bits per heavy atom. The van der Waals surface area contributed by atoms with Gasteiger partial charge in [0.1, 0.15) is 0 Å². The SMILES string of the molecule is C=CCCCCCC[C@H](CCCCCCCC)O[Si](C)(C)C(C)(C)C. The molecule has 0 aliphatic rings. The maximum absolute atomic E-state index is 6.78. The van der Waals surface area contributed by atoms with Gasteiger partial charge < -0.3 is 4.43 Å². The zero-order chi connectivity index (χ0) is 19.2. The van der Waals surface area contributed by atoms with Crippen molar-refractivity contribution in [1.29, 1.82) is 0 Å². The van der Waals surface area contributed by atoms with Crippen LogP contribution in [0.1, 0.15) is 111 Å². The second-order valence-corrected chi connectivity index (χ2v) is 14.1. The first kappa shape index (κ1) is 24.9. The standard InChI is InChI=1S/C23H48OSi/c1-8-10-12-14-16-18-20-22(21-19-17-15-13-11-9-2)24-25(6,7)23(3,4)5/h8,22H,1,9-21H2,2-7H3/t22-/m1/s1. The van der Waals surface area contributed by atoms with Crippen molar-refractivity contribution in [3.8, 4) is 0 Å². The summed E-state index contributed by atoms with van der Waals surface area (Å²) in [6, 6.07) is 0. The van der Waals surface area contributed by atoms with E-state index in [0.717, 1.165) is 0 Å². The van der Waals surface area contributed by atoms with Crippen molar-refractivity contribution in [2.75, 3.05) is 0 Å². The largest absolute Gasteiger partial charge is 0.414 e. The van der Waals surface area contributed by atoms with Crippen LogP contribution in [0.3, 0.4) is 0 Å². The van der Waals surface area contributed by atoms with Crippen LogP contribution in [-0.2, 0) is 4.43 Å². The second kappa shape index (κ2) is 14.0. The minimum absolute atomic E-state index is 0.316. The van der Waals surface area contributed by atoms with E-state index >= 15 is 0 Å². The highest BCUT2D eigenvalue weighted by atomic mass is 28.4. The Hall–Kier alpha value is -0.0831. The summed E-state index contributed by atoms with van der Waals surface area (Å²) in [4.78, 5) is 0. The van der Waals surface area contributed by atoms with Gasteiger partial charge in [-0.05, 0) is 43.8 Å². The van der Waals surface area contributed by atoms with Gasteiger partial charge in [-0.2, -0.15) is 0 Å². The molecule has 150 valence electrons. The van der Waals surface area contributed by atoms with E-state index in [4.69, 9.17) is 4.43 Å². The van der Waals surface area contributed by atoms with Gasteiger partial charge in [0.15, 0.2) is 8.32 Å². The van der Waals surface area contributed by atoms with Crippen LogP contribution in [-0.4, -0.2) is 14.4 Å². The zero-order valence-corrected chi connectivity index (χ0v) is 19.5. The number of allylic oxidation sites excluding steroid dienone is 1. The van der Waals surface area contributed by atoms with Crippen LogP contribution in [0.25, 0.3) is 0 Å². The summed E-state index contributed by atoms with van der Waals surface area (Å²) in [7, 11) is -1.64. The van der Waals surface area contributed by atoms with Crippen LogP contribution in [0, 0.1) is 0 Å². The summed E-state index contributed by atoms with van der Waals surface area (Å²) in [5.41, 5.74) is 0. The monoisotopic (exact) mass is 368 g/mol. The van der Waals surface area contributed by atoms with Crippen molar-refractivity contribution in [2.24, 2.45) is 0 Å². The van der Waals surface area contributed by atoms with Crippen LogP contribution >= 0.6 is 0 Å². The summed E-state index contributed by atoms with van der Waals surface area (Å²) in [6.45, 7) is 18.0. The van der Waals surface area contributed by atoms with Crippen LogP contribution in [0.2, 0.25) is 18.1 Å². The fraction of sp³-hybridized carbons (Fsp3) is 0.913. The summed E-state index contributed by atoms with van der Waals surface area (Å²) in [5, 5.41) is 0.316. The van der Waals surface area contributed by atoms with Gasteiger partial charge in [0, 0.05) is 6.10 Å². The van der Waals surface area contributed by atoms with Crippen molar-refractivity contribution < 1.29 is 4.43 Å². The molecule has 0 fully saturated rings. The average molecular weight is 369 g/mol. The summed E-state index contributed by atoms with van der Waals surface area (Å²) in [5.74, 6) is 0. The molecule has 0 radical (unpaired) electrons. The highest BCUT2D eigenvalue weighted by Crippen LogP contribution is 2.38. The summed E-state index contributed by atoms with van der Waals surface area (Å²) >= 11 is 0. The Morgan fingerprint density at radius 1 is 0.840 bits per heavy atom. The van der Waals surface area contributed by atoms with Crippen LogP contribution < -0.4 is 0 Å². The zero-order valence-electron chi connectivity index (χ0n) is 18.5. The van der Waals surface area contributed by atoms with Gasteiger partial charge in [0.2, 0.25) is 0 Å². The van der Waals surface area contributed by atoms with E-state index in [1.54, 1.807) is 0 Å². The molecule has 0 spiro atoms. The first-order chi connectivity index (χ1) is 11.7. The fourth-order valence-electron chi connectivity index (χ4n) is 3.02. The van der Waals surface area contributed by atoms with E-state index < -0.39 is 8.32 Å². The number of rotatable bonds is 16. The van der Waals surface area contributed by atoms with E-state index in [1.807, 2.05) is 6.08 Å². The Morgan fingerprint density at radius 3 is 1.80 bits per heavy atom. The predicted molar refractivity (Wildman–Crippen MR) is 118 cm³/mol. The van der Waals surface area contributed by atoms with Crippen molar-refractivity contribution in [2.45, 2.75) is 135 Å². The molecule has 0 aliphatic carbocycles. The van der Waals surface area contributed by atoms with E-state index in [2.05, 4.69) is 47.4 Å². The van der Waals surface area contributed by atoms with Gasteiger partial charge in [-0.3, -0.25) is 0 Å². The van der Waals surface area contributed by atoms with Gasteiger partial charge >= 0.3 is 0 Å². The lowest BCUT2D eigenvalue weighted by Crippen LogP contribution is -2.44. The molecule has 2 heteroatoms. The van der Waals surface area contributed by atoms with Gasteiger partial charge in [-0.15, -0.1) is 6.58 Å². The molecule has 1 atom stereocenters. The molecule has 0 bridgehead atoms. The molecule has 0 saturated carbocycles. The Balaban J connectivity index is 4.28. The Kier molecular flexibility index (Phi) is 14.0. The van der Waals surface area contributed by atoms with Gasteiger partial charge in [-0.1, -0.05) is 91.6 Å². The van der Waals surface area contributed by atoms with Crippen molar-refractivity contribution in [3.63, 3.8) is 0 Å². The number of hydrogen-bond donors (Lipinski definition) is 0. The predicted octanol–water partition coefficient (Wildman–Crippen LogP) is 8.65. The van der Waals surface area contributed by atoms with Crippen LogP contribution in [0.4, 0.5) is 0 Å². The molecule has 0 aromatic carbocycles. The van der Waals surface area contributed by atoms with Gasteiger partial charge in [0.05, 0.1) is 0 Å². The lowest BCUT2D eigenvalue weighted by atomic mass is 10.0. The van der Waals surface area contributed by atoms with Crippen LogP contribution in [0.5, 0.6) is 0 Å². The number of unbranched alkanes of at least 4 members (excludes halogenated alkanes) is 9. The van der Waals surface area contributed by atoms with E-state index in [1.165, 1.54) is 83.5 Å². The molecular formula is C23H48OSi. The molecule has 0 aromatic rings. The lowest BCUT2D eigenvalue weighted by molar-refractivity contribution is 0.154. The Bertz CT molecular complexity index is 317. The number of hydrogen-bond acceptors (Lipinski definition) is 1.